The summed E-state index contributed by atoms with van der Waals surface area (Å²) in [6, 6.07) is 0. The van der Waals surface area contributed by atoms with Gasteiger partial charge in [-0.1, -0.05) is 0 Å². The van der Waals surface area contributed by atoms with Crippen LogP contribution in [0.15, 0.2) is 17.2 Å². The molecule has 13 heavy (non-hydrogen) atoms. The molecule has 1 aromatic rings. The van der Waals surface area contributed by atoms with E-state index in [0.29, 0.717) is 18.9 Å². The van der Waals surface area contributed by atoms with Crippen molar-refractivity contribution in [1.82, 2.24) is 9.97 Å². The highest BCUT2D eigenvalue weighted by Crippen LogP contribution is 1.99. The first-order valence-electron chi connectivity index (χ1n) is 4.19. The Morgan fingerprint density at radius 1 is 1.69 bits per heavy atom. The number of aromatic amines is 1. The third-order valence-electron chi connectivity index (χ3n) is 1.74. The molecule has 0 spiro atoms. The Morgan fingerprint density at radius 2 is 2.46 bits per heavy atom. The molecule has 0 atom stereocenters. The highest BCUT2D eigenvalue weighted by atomic mass is 16.3. The largest absolute Gasteiger partial charge is 0.395 e. The molecule has 0 unspecified atom stereocenters. The number of aliphatic hydroxyl groups is 1. The number of aliphatic hydroxyl groups excluding tert-OH is 1. The van der Waals surface area contributed by atoms with Gasteiger partial charge in [-0.3, -0.25) is 4.79 Å². The van der Waals surface area contributed by atoms with Crippen LogP contribution in [0.25, 0.3) is 0 Å². The Bertz CT molecular complexity index is 310. The van der Waals surface area contributed by atoms with Gasteiger partial charge in [0.15, 0.2) is 5.82 Å². The highest BCUT2D eigenvalue weighted by molar-refractivity contribution is 5.34. The minimum absolute atomic E-state index is 0.0177. The molecular formula is C8H13N3O2. The molecule has 0 aromatic carbocycles. The maximum absolute atomic E-state index is 11.3. The summed E-state index contributed by atoms with van der Waals surface area (Å²) in [6.07, 6.45) is 3.01. The number of hydrogen-bond donors (Lipinski definition) is 2. The summed E-state index contributed by atoms with van der Waals surface area (Å²) in [5, 5.41) is 8.74. The monoisotopic (exact) mass is 183 g/mol. The fourth-order valence-corrected chi connectivity index (χ4v) is 1.10. The van der Waals surface area contributed by atoms with Gasteiger partial charge in [0.2, 0.25) is 0 Å². The molecular weight excluding hydrogens is 170 g/mol. The maximum atomic E-state index is 11.3. The third-order valence-corrected chi connectivity index (χ3v) is 1.74. The lowest BCUT2D eigenvalue weighted by Gasteiger charge is -2.18. The highest BCUT2D eigenvalue weighted by Gasteiger charge is 2.07. The molecule has 0 fully saturated rings. The number of H-pyrrole nitrogens is 1. The zero-order valence-corrected chi connectivity index (χ0v) is 7.53. The fourth-order valence-electron chi connectivity index (χ4n) is 1.10. The van der Waals surface area contributed by atoms with Gasteiger partial charge in [0, 0.05) is 25.5 Å². The first kappa shape index (κ1) is 9.73. The Morgan fingerprint density at radius 3 is 3.00 bits per heavy atom. The molecule has 0 aliphatic carbocycles. The molecule has 5 nitrogen and oxygen atoms in total. The molecule has 2 N–H and O–H groups in total. The fraction of sp³-hybridized carbons (Fsp3) is 0.500. The Balaban J connectivity index is 2.91. The predicted molar refractivity (Wildman–Crippen MR) is 49.8 cm³/mol. The SMILES string of the molecule is CCN(CCO)c1ncc[nH]c1=O. The first-order valence-corrected chi connectivity index (χ1v) is 4.19. The molecule has 0 aliphatic rings. The molecule has 1 heterocycles. The van der Waals surface area contributed by atoms with Crippen LogP contribution in [0.4, 0.5) is 5.82 Å². The lowest BCUT2D eigenvalue weighted by Crippen LogP contribution is -2.32. The third kappa shape index (κ3) is 2.29. The van der Waals surface area contributed by atoms with Gasteiger partial charge in [-0.2, -0.15) is 0 Å². The molecule has 0 saturated heterocycles. The number of rotatable bonds is 4. The van der Waals surface area contributed by atoms with Crippen LogP contribution >= 0.6 is 0 Å². The van der Waals surface area contributed by atoms with Gasteiger partial charge in [-0.15, -0.1) is 0 Å². The van der Waals surface area contributed by atoms with Crippen molar-refractivity contribution in [3.05, 3.63) is 22.7 Å². The normalized spacial score (nSPS) is 10.0. The summed E-state index contributed by atoms with van der Waals surface area (Å²) in [4.78, 5) is 19.4. The van der Waals surface area contributed by atoms with Gasteiger partial charge >= 0.3 is 0 Å². The van der Waals surface area contributed by atoms with Gasteiger partial charge in [-0.05, 0) is 6.92 Å². The van der Waals surface area contributed by atoms with Gasteiger partial charge < -0.3 is 15.0 Å². The minimum Gasteiger partial charge on any atom is -0.395 e. The van der Waals surface area contributed by atoms with E-state index in [4.69, 9.17) is 5.11 Å². The minimum atomic E-state index is -0.224. The van der Waals surface area contributed by atoms with Crippen molar-refractivity contribution in [3.8, 4) is 0 Å². The van der Waals surface area contributed by atoms with Gasteiger partial charge in [0.25, 0.3) is 5.56 Å². The van der Waals surface area contributed by atoms with Crippen LogP contribution in [0.5, 0.6) is 0 Å². The predicted octanol–water partition coefficient (Wildman–Crippen LogP) is -0.412. The average molecular weight is 183 g/mol. The molecule has 0 saturated carbocycles. The van der Waals surface area contributed by atoms with Crippen LogP contribution in [-0.2, 0) is 0 Å². The smallest absolute Gasteiger partial charge is 0.290 e. The summed E-state index contributed by atoms with van der Waals surface area (Å²) in [5.41, 5.74) is -0.224. The van der Waals surface area contributed by atoms with E-state index in [1.54, 1.807) is 4.90 Å². The molecule has 0 bridgehead atoms. The van der Waals surface area contributed by atoms with E-state index in [2.05, 4.69) is 9.97 Å². The van der Waals surface area contributed by atoms with E-state index in [0.717, 1.165) is 0 Å². The van der Waals surface area contributed by atoms with Crippen molar-refractivity contribution in [1.29, 1.82) is 0 Å². The van der Waals surface area contributed by atoms with E-state index >= 15 is 0 Å². The molecule has 1 aromatic heterocycles. The summed E-state index contributed by atoms with van der Waals surface area (Å²) in [7, 11) is 0. The second-order valence-corrected chi connectivity index (χ2v) is 2.55. The van der Waals surface area contributed by atoms with Crippen LogP contribution in [0.1, 0.15) is 6.92 Å². The van der Waals surface area contributed by atoms with Crippen molar-refractivity contribution in [2.75, 3.05) is 24.6 Å². The van der Waals surface area contributed by atoms with E-state index in [1.807, 2.05) is 6.92 Å². The second-order valence-electron chi connectivity index (χ2n) is 2.55. The Hall–Kier alpha value is -1.36. The van der Waals surface area contributed by atoms with Crippen LogP contribution in [0, 0.1) is 0 Å². The lowest BCUT2D eigenvalue weighted by atomic mass is 10.4. The van der Waals surface area contributed by atoms with Crippen molar-refractivity contribution in [2.45, 2.75) is 6.92 Å². The number of nitrogens with zero attached hydrogens (tertiary/aromatic N) is 2. The van der Waals surface area contributed by atoms with Crippen LogP contribution in [-0.4, -0.2) is 34.8 Å². The van der Waals surface area contributed by atoms with Crippen molar-refractivity contribution >= 4 is 5.82 Å². The first-order chi connectivity index (χ1) is 6.29. The topological polar surface area (TPSA) is 69.2 Å². The molecule has 72 valence electrons. The average Bonchev–Trinajstić information content (AvgIpc) is 2.16. The molecule has 1 rings (SSSR count). The number of hydrogen-bond acceptors (Lipinski definition) is 4. The lowest BCUT2D eigenvalue weighted by molar-refractivity contribution is 0.302. The van der Waals surface area contributed by atoms with E-state index in [-0.39, 0.29) is 12.2 Å². The summed E-state index contributed by atoms with van der Waals surface area (Å²) >= 11 is 0. The Kier molecular flexibility index (Phi) is 3.45. The zero-order chi connectivity index (χ0) is 9.68. The van der Waals surface area contributed by atoms with E-state index < -0.39 is 0 Å². The van der Waals surface area contributed by atoms with Gasteiger partial charge in [-0.25, -0.2) is 4.98 Å². The van der Waals surface area contributed by atoms with Gasteiger partial charge in [0.1, 0.15) is 0 Å². The number of aromatic nitrogens is 2. The van der Waals surface area contributed by atoms with Crippen LogP contribution in [0.2, 0.25) is 0 Å². The summed E-state index contributed by atoms with van der Waals surface area (Å²) in [6.45, 7) is 3.00. The maximum Gasteiger partial charge on any atom is 0.290 e. The molecule has 0 radical (unpaired) electrons. The molecule has 0 amide bonds. The molecule has 0 aliphatic heterocycles. The second kappa shape index (κ2) is 4.61. The number of nitrogens with one attached hydrogen (secondary N) is 1. The van der Waals surface area contributed by atoms with E-state index in [9.17, 15) is 4.79 Å². The van der Waals surface area contributed by atoms with Crippen molar-refractivity contribution in [3.63, 3.8) is 0 Å². The van der Waals surface area contributed by atoms with Crippen LogP contribution in [0.3, 0.4) is 0 Å². The van der Waals surface area contributed by atoms with Crippen molar-refractivity contribution in [2.24, 2.45) is 0 Å². The van der Waals surface area contributed by atoms with E-state index in [1.165, 1.54) is 12.4 Å². The van der Waals surface area contributed by atoms with Gasteiger partial charge in [0.05, 0.1) is 6.61 Å². The van der Waals surface area contributed by atoms with Crippen LogP contribution < -0.4 is 10.5 Å². The summed E-state index contributed by atoms with van der Waals surface area (Å²) in [5.74, 6) is 0.360. The molecule has 5 heteroatoms. The summed E-state index contributed by atoms with van der Waals surface area (Å²) < 4.78 is 0. The Labute approximate surface area is 76.0 Å². The number of likely N-dealkylation sites (N-methyl/N-ethyl adjacent to an activating group) is 1. The number of anilines is 1. The van der Waals surface area contributed by atoms with Crippen molar-refractivity contribution < 1.29 is 5.11 Å². The zero-order valence-electron chi connectivity index (χ0n) is 7.53. The quantitative estimate of drug-likeness (QED) is 0.665. The standard InChI is InChI=1S/C8H13N3O2/c1-2-11(5-6-12)7-8(13)10-4-3-9-7/h3-4,12H,2,5-6H2,1H3,(H,10,13).